The van der Waals surface area contributed by atoms with Crippen LogP contribution in [-0.4, -0.2) is 53.0 Å². The SMILES string of the molecule is CN1CCCC(O)(C(F)C(=O)O)C1. The smallest absolute Gasteiger partial charge is 0.341 e. The molecule has 1 aliphatic rings. The van der Waals surface area contributed by atoms with E-state index in [9.17, 15) is 14.3 Å². The fourth-order valence-corrected chi connectivity index (χ4v) is 1.72. The van der Waals surface area contributed by atoms with E-state index >= 15 is 0 Å². The van der Waals surface area contributed by atoms with E-state index in [1.807, 2.05) is 0 Å². The van der Waals surface area contributed by atoms with Crippen molar-refractivity contribution in [3.63, 3.8) is 0 Å². The van der Waals surface area contributed by atoms with Crippen LogP contribution in [-0.2, 0) is 4.79 Å². The average Bonchev–Trinajstić information content (AvgIpc) is 2.02. The van der Waals surface area contributed by atoms with Crippen molar-refractivity contribution in [2.75, 3.05) is 20.1 Å². The van der Waals surface area contributed by atoms with Gasteiger partial charge in [0.05, 0.1) is 0 Å². The van der Waals surface area contributed by atoms with Gasteiger partial charge in [0.2, 0.25) is 6.17 Å². The molecule has 1 fully saturated rings. The van der Waals surface area contributed by atoms with Crippen LogP contribution in [0.15, 0.2) is 0 Å². The van der Waals surface area contributed by atoms with Crippen molar-refractivity contribution in [1.82, 2.24) is 4.90 Å². The molecule has 5 heteroatoms. The van der Waals surface area contributed by atoms with Gasteiger partial charge in [0, 0.05) is 6.54 Å². The number of aliphatic hydroxyl groups is 1. The normalized spacial score (nSPS) is 32.8. The highest BCUT2D eigenvalue weighted by Crippen LogP contribution is 2.25. The molecule has 0 spiro atoms. The van der Waals surface area contributed by atoms with E-state index in [1.165, 1.54) is 0 Å². The summed E-state index contributed by atoms with van der Waals surface area (Å²) in [6.45, 7) is 0.856. The zero-order valence-electron chi connectivity index (χ0n) is 7.53. The van der Waals surface area contributed by atoms with Crippen molar-refractivity contribution in [2.24, 2.45) is 0 Å². The van der Waals surface area contributed by atoms with E-state index in [4.69, 9.17) is 5.11 Å². The Kier molecular flexibility index (Phi) is 2.87. The molecule has 0 saturated carbocycles. The maximum absolute atomic E-state index is 13.1. The van der Waals surface area contributed by atoms with Crippen LogP contribution in [0.5, 0.6) is 0 Å². The Morgan fingerprint density at radius 2 is 2.31 bits per heavy atom. The highest BCUT2D eigenvalue weighted by molar-refractivity contribution is 5.73. The van der Waals surface area contributed by atoms with Crippen LogP contribution in [0.3, 0.4) is 0 Å². The molecular weight excluding hydrogens is 177 g/mol. The molecule has 0 aromatic heterocycles. The van der Waals surface area contributed by atoms with Gasteiger partial charge in [0.15, 0.2) is 0 Å². The second-order valence-corrected chi connectivity index (χ2v) is 3.65. The second-order valence-electron chi connectivity index (χ2n) is 3.65. The molecule has 0 aliphatic carbocycles. The molecule has 1 rings (SSSR count). The van der Waals surface area contributed by atoms with Gasteiger partial charge in [-0.25, -0.2) is 9.18 Å². The third-order valence-corrected chi connectivity index (χ3v) is 2.38. The molecule has 2 N–H and O–H groups in total. The van der Waals surface area contributed by atoms with E-state index in [0.29, 0.717) is 6.42 Å². The van der Waals surface area contributed by atoms with Crippen molar-refractivity contribution in [3.8, 4) is 0 Å². The number of hydrogen-bond donors (Lipinski definition) is 2. The maximum atomic E-state index is 13.1. The summed E-state index contributed by atoms with van der Waals surface area (Å²) in [5.74, 6) is -1.59. The minimum atomic E-state index is -2.18. The highest BCUT2D eigenvalue weighted by atomic mass is 19.1. The van der Waals surface area contributed by atoms with Crippen LogP contribution in [0.2, 0.25) is 0 Å². The first-order chi connectivity index (χ1) is 5.96. The molecule has 0 radical (unpaired) electrons. The van der Waals surface area contributed by atoms with E-state index in [-0.39, 0.29) is 13.0 Å². The lowest BCUT2D eigenvalue weighted by atomic mass is 9.88. The molecule has 2 unspecified atom stereocenters. The van der Waals surface area contributed by atoms with Gasteiger partial charge < -0.3 is 15.1 Å². The van der Waals surface area contributed by atoms with Gasteiger partial charge in [0.1, 0.15) is 5.60 Å². The predicted molar refractivity (Wildman–Crippen MR) is 44.2 cm³/mol. The Hall–Kier alpha value is -0.680. The Balaban J connectivity index is 2.68. The molecule has 76 valence electrons. The number of carbonyl (C=O) groups is 1. The highest BCUT2D eigenvalue weighted by Gasteiger charge is 2.44. The number of rotatable bonds is 2. The summed E-state index contributed by atoms with van der Waals surface area (Å²) in [5.41, 5.74) is -1.71. The quantitative estimate of drug-likeness (QED) is 0.638. The monoisotopic (exact) mass is 191 g/mol. The van der Waals surface area contributed by atoms with Gasteiger partial charge in [-0.3, -0.25) is 0 Å². The van der Waals surface area contributed by atoms with E-state index in [0.717, 1.165) is 6.54 Å². The van der Waals surface area contributed by atoms with Crippen molar-refractivity contribution in [1.29, 1.82) is 0 Å². The van der Waals surface area contributed by atoms with Gasteiger partial charge in [-0.2, -0.15) is 0 Å². The van der Waals surface area contributed by atoms with Gasteiger partial charge >= 0.3 is 5.97 Å². The van der Waals surface area contributed by atoms with Crippen molar-refractivity contribution >= 4 is 5.97 Å². The lowest BCUT2D eigenvalue weighted by Gasteiger charge is -2.37. The standard InChI is InChI=1S/C8H14FNO3/c1-10-4-2-3-8(13,5-10)6(9)7(11)12/h6,13H,2-5H2,1H3,(H,11,12). The molecule has 1 heterocycles. The summed E-state index contributed by atoms with van der Waals surface area (Å²) in [6.07, 6.45) is -1.35. The number of carboxylic acid groups (broad SMARTS) is 1. The summed E-state index contributed by atoms with van der Waals surface area (Å²) in [7, 11) is 1.73. The molecule has 0 amide bonds. The molecular formula is C8H14FNO3. The molecule has 0 aromatic carbocycles. The fourth-order valence-electron chi connectivity index (χ4n) is 1.72. The van der Waals surface area contributed by atoms with Crippen molar-refractivity contribution in [3.05, 3.63) is 0 Å². The molecule has 0 bridgehead atoms. The number of carboxylic acids is 1. The minimum Gasteiger partial charge on any atom is -0.479 e. The van der Waals surface area contributed by atoms with Crippen molar-refractivity contribution < 1.29 is 19.4 Å². The number of nitrogens with zero attached hydrogens (tertiary/aromatic N) is 1. The first-order valence-electron chi connectivity index (χ1n) is 4.23. The van der Waals surface area contributed by atoms with Crippen LogP contribution < -0.4 is 0 Å². The van der Waals surface area contributed by atoms with E-state index in [2.05, 4.69) is 0 Å². The van der Waals surface area contributed by atoms with Crippen LogP contribution in [0, 0.1) is 0 Å². The second kappa shape index (κ2) is 3.59. The Labute approximate surface area is 76.0 Å². The first-order valence-corrected chi connectivity index (χ1v) is 4.23. The molecule has 4 nitrogen and oxygen atoms in total. The lowest BCUT2D eigenvalue weighted by molar-refractivity contribution is -0.158. The zero-order valence-corrected chi connectivity index (χ0v) is 7.53. The molecule has 1 saturated heterocycles. The van der Waals surface area contributed by atoms with Crippen molar-refractivity contribution in [2.45, 2.75) is 24.6 Å². The van der Waals surface area contributed by atoms with E-state index < -0.39 is 17.7 Å². The van der Waals surface area contributed by atoms with Crippen LogP contribution in [0.4, 0.5) is 4.39 Å². The Morgan fingerprint density at radius 3 is 2.77 bits per heavy atom. The van der Waals surface area contributed by atoms with Crippen LogP contribution in [0.25, 0.3) is 0 Å². The van der Waals surface area contributed by atoms with Gasteiger partial charge in [0.25, 0.3) is 0 Å². The number of likely N-dealkylation sites (tertiary alicyclic amines) is 1. The molecule has 2 atom stereocenters. The predicted octanol–water partition coefficient (Wildman–Crippen LogP) is -0.134. The maximum Gasteiger partial charge on any atom is 0.341 e. The number of halogens is 1. The minimum absolute atomic E-state index is 0.0838. The number of likely N-dealkylation sites (N-methyl/N-ethyl adjacent to an activating group) is 1. The molecule has 1 aliphatic heterocycles. The van der Waals surface area contributed by atoms with Crippen LogP contribution >= 0.6 is 0 Å². The summed E-state index contributed by atoms with van der Waals surface area (Å²) in [5, 5.41) is 18.1. The third kappa shape index (κ3) is 2.16. The lowest BCUT2D eigenvalue weighted by Crippen LogP contribution is -2.55. The summed E-state index contributed by atoms with van der Waals surface area (Å²) in [4.78, 5) is 12.1. The Morgan fingerprint density at radius 1 is 1.69 bits per heavy atom. The van der Waals surface area contributed by atoms with Gasteiger partial charge in [-0.1, -0.05) is 0 Å². The van der Waals surface area contributed by atoms with E-state index in [1.54, 1.807) is 11.9 Å². The fraction of sp³-hybridized carbons (Fsp3) is 0.875. The van der Waals surface area contributed by atoms with Crippen LogP contribution in [0.1, 0.15) is 12.8 Å². The third-order valence-electron chi connectivity index (χ3n) is 2.38. The first kappa shape index (κ1) is 10.4. The largest absolute Gasteiger partial charge is 0.479 e. The van der Waals surface area contributed by atoms with Gasteiger partial charge in [-0.05, 0) is 26.4 Å². The number of aliphatic carboxylic acids is 1. The topological polar surface area (TPSA) is 60.8 Å². The Bertz CT molecular complexity index is 212. The summed E-state index contributed by atoms with van der Waals surface area (Å²) >= 11 is 0. The average molecular weight is 191 g/mol. The number of alkyl halides is 1. The summed E-state index contributed by atoms with van der Waals surface area (Å²) < 4.78 is 13.1. The number of β-amino-alcohol motifs (C(OH)–C–C–N with tert-alkyl or cyclic N) is 1. The number of piperidine rings is 1. The molecule has 13 heavy (non-hydrogen) atoms. The zero-order chi connectivity index (χ0) is 10.1. The summed E-state index contributed by atoms with van der Waals surface area (Å²) in [6, 6.07) is 0. The number of hydrogen-bond acceptors (Lipinski definition) is 3. The van der Waals surface area contributed by atoms with Gasteiger partial charge in [-0.15, -0.1) is 0 Å². The molecule has 0 aromatic rings.